The van der Waals surface area contributed by atoms with Gasteiger partial charge in [-0.25, -0.2) is 0 Å². The van der Waals surface area contributed by atoms with Gasteiger partial charge in [-0.2, -0.15) is 0 Å². The maximum atomic E-state index is 4.18. The Morgan fingerprint density at radius 3 is 2.07 bits per heavy atom. The molecule has 0 spiro atoms. The molecule has 2 rings (SSSR count). The van der Waals surface area contributed by atoms with Crippen molar-refractivity contribution in [2.24, 2.45) is 0 Å². The molecule has 2 heteroatoms. The molecule has 1 heterocycles. The van der Waals surface area contributed by atoms with E-state index in [2.05, 4.69) is 17.1 Å². The summed E-state index contributed by atoms with van der Waals surface area (Å²) in [7, 11) is 2.00. The van der Waals surface area contributed by atoms with E-state index in [1.54, 1.807) is 0 Å². The van der Waals surface area contributed by atoms with E-state index in [9.17, 15) is 0 Å². The number of fused-ring (bicyclic) bond motifs is 1. The molecule has 1 radical (unpaired) electrons. The predicted octanol–water partition coefficient (Wildman–Crippen LogP) is 4.05. The highest BCUT2D eigenvalue weighted by Gasteiger charge is 1.86. The highest BCUT2D eigenvalue weighted by molar-refractivity contribution is 6.31. The van der Waals surface area contributed by atoms with Crippen molar-refractivity contribution >= 4 is 18.2 Å². The van der Waals surface area contributed by atoms with E-state index < -0.39 is 0 Å². The Labute approximate surface area is 93.8 Å². The Bertz CT molecular complexity index is 295. The SMILES string of the molecule is CC.C[B]C.c1ccc2ncccc2c1. The Morgan fingerprint density at radius 2 is 1.47 bits per heavy atom. The summed E-state index contributed by atoms with van der Waals surface area (Å²) in [6.45, 7) is 8.00. The molecule has 0 saturated carbocycles. The molecule has 0 aliphatic rings. The Morgan fingerprint density at radius 1 is 0.933 bits per heavy atom. The number of hydrogen-bond donors (Lipinski definition) is 0. The third-order valence-electron chi connectivity index (χ3n) is 1.51. The fraction of sp³-hybridized carbons (Fsp3) is 0.308. The van der Waals surface area contributed by atoms with Crippen LogP contribution in [-0.2, 0) is 0 Å². The lowest BCUT2D eigenvalue weighted by Gasteiger charge is -1.91. The van der Waals surface area contributed by atoms with Crippen LogP contribution in [0.4, 0.5) is 0 Å². The lowest BCUT2D eigenvalue weighted by atomic mass is 9.88. The van der Waals surface area contributed by atoms with Crippen LogP contribution in [0.2, 0.25) is 13.6 Å². The van der Waals surface area contributed by atoms with Crippen molar-refractivity contribution in [3.63, 3.8) is 0 Å². The van der Waals surface area contributed by atoms with E-state index in [4.69, 9.17) is 0 Å². The molecule has 0 aliphatic heterocycles. The van der Waals surface area contributed by atoms with Gasteiger partial charge in [-0.15, -0.1) is 0 Å². The van der Waals surface area contributed by atoms with Crippen LogP contribution in [0, 0.1) is 0 Å². The Hall–Kier alpha value is -1.31. The fourth-order valence-electron chi connectivity index (χ4n) is 1.02. The average molecular weight is 200 g/mol. The van der Waals surface area contributed by atoms with Crippen molar-refractivity contribution in [2.45, 2.75) is 27.5 Å². The van der Waals surface area contributed by atoms with Crippen molar-refractivity contribution in [3.05, 3.63) is 42.6 Å². The van der Waals surface area contributed by atoms with E-state index in [1.807, 2.05) is 65.2 Å². The number of nitrogens with zero attached hydrogens (tertiary/aromatic N) is 1. The second-order valence-electron chi connectivity index (χ2n) is 2.77. The van der Waals surface area contributed by atoms with Crippen LogP contribution >= 0.6 is 0 Å². The first-order valence-corrected chi connectivity index (χ1v) is 5.42. The number of aromatic nitrogens is 1. The molecule has 15 heavy (non-hydrogen) atoms. The number of pyridine rings is 1. The van der Waals surface area contributed by atoms with Gasteiger partial charge in [0, 0.05) is 11.6 Å². The molecule has 1 aromatic heterocycles. The van der Waals surface area contributed by atoms with Crippen LogP contribution in [0.15, 0.2) is 42.6 Å². The molecule has 1 aromatic carbocycles. The summed E-state index contributed by atoms with van der Waals surface area (Å²) in [5, 5.41) is 1.20. The minimum absolute atomic E-state index is 1.06. The van der Waals surface area contributed by atoms with E-state index in [1.165, 1.54) is 5.39 Å². The molecule has 79 valence electrons. The summed E-state index contributed by atoms with van der Waals surface area (Å²) in [6.07, 6.45) is 1.81. The van der Waals surface area contributed by atoms with Gasteiger partial charge in [-0.05, 0) is 12.1 Å². The van der Waals surface area contributed by atoms with Crippen molar-refractivity contribution in [2.75, 3.05) is 0 Å². The lowest BCUT2D eigenvalue weighted by molar-refractivity contribution is 1.41. The summed E-state index contributed by atoms with van der Waals surface area (Å²) in [5.41, 5.74) is 1.06. The number of para-hydroxylation sites is 1. The maximum Gasteiger partial charge on any atom is 0.102 e. The van der Waals surface area contributed by atoms with Crippen LogP contribution in [0.1, 0.15) is 13.8 Å². The zero-order valence-corrected chi connectivity index (χ0v) is 10.1. The first-order chi connectivity index (χ1) is 7.38. The summed E-state index contributed by atoms with van der Waals surface area (Å²) < 4.78 is 0. The van der Waals surface area contributed by atoms with Gasteiger partial charge < -0.3 is 0 Å². The standard InChI is InChI=1S/C9H7N.C2H6B.C2H6/c1-2-6-9-8(4-1)5-3-7-10-9;1-3-2;1-2/h1-7H;1-2H3;1-2H3. The van der Waals surface area contributed by atoms with Crippen LogP contribution in [0.25, 0.3) is 10.9 Å². The molecule has 0 atom stereocenters. The van der Waals surface area contributed by atoms with Crippen molar-refractivity contribution in [1.29, 1.82) is 0 Å². The van der Waals surface area contributed by atoms with Gasteiger partial charge >= 0.3 is 0 Å². The number of rotatable bonds is 0. The molecule has 0 saturated heterocycles. The van der Waals surface area contributed by atoms with Crippen LogP contribution in [0.5, 0.6) is 0 Å². The highest BCUT2D eigenvalue weighted by atomic mass is 14.6. The quantitative estimate of drug-likeness (QED) is 0.584. The van der Waals surface area contributed by atoms with Gasteiger partial charge in [-0.1, -0.05) is 51.8 Å². The first-order valence-electron chi connectivity index (χ1n) is 5.42. The average Bonchev–Trinajstić information content (AvgIpc) is 2.33. The summed E-state index contributed by atoms with van der Waals surface area (Å²) in [5.74, 6) is 0. The third-order valence-corrected chi connectivity index (χ3v) is 1.51. The predicted molar refractivity (Wildman–Crippen MR) is 70.6 cm³/mol. The molecular weight excluding hydrogens is 181 g/mol. The Balaban J connectivity index is 0.000000342. The summed E-state index contributed by atoms with van der Waals surface area (Å²) in [6, 6.07) is 12.1. The van der Waals surface area contributed by atoms with Gasteiger partial charge in [0.1, 0.15) is 7.28 Å². The molecule has 0 fully saturated rings. The van der Waals surface area contributed by atoms with Crippen LogP contribution in [-0.4, -0.2) is 12.3 Å². The van der Waals surface area contributed by atoms with Gasteiger partial charge in [-0.3, -0.25) is 4.98 Å². The topological polar surface area (TPSA) is 12.9 Å². The molecule has 0 unspecified atom stereocenters. The minimum Gasteiger partial charge on any atom is -0.256 e. The molecule has 0 bridgehead atoms. The van der Waals surface area contributed by atoms with Crippen LogP contribution in [0.3, 0.4) is 0 Å². The molecule has 0 aliphatic carbocycles. The lowest BCUT2D eigenvalue weighted by Crippen LogP contribution is -1.73. The smallest absolute Gasteiger partial charge is 0.102 e. The van der Waals surface area contributed by atoms with E-state index >= 15 is 0 Å². The van der Waals surface area contributed by atoms with E-state index in [-0.39, 0.29) is 0 Å². The number of hydrogen-bond acceptors (Lipinski definition) is 1. The molecular formula is C13H19BN. The summed E-state index contributed by atoms with van der Waals surface area (Å²) >= 11 is 0. The second kappa shape index (κ2) is 9.26. The van der Waals surface area contributed by atoms with Crippen molar-refractivity contribution in [3.8, 4) is 0 Å². The van der Waals surface area contributed by atoms with Crippen molar-refractivity contribution < 1.29 is 0 Å². The van der Waals surface area contributed by atoms with E-state index in [0.29, 0.717) is 0 Å². The fourth-order valence-corrected chi connectivity index (χ4v) is 1.02. The highest BCUT2D eigenvalue weighted by Crippen LogP contribution is 2.07. The third kappa shape index (κ3) is 5.21. The monoisotopic (exact) mass is 200 g/mol. The van der Waals surface area contributed by atoms with Gasteiger partial charge in [0.15, 0.2) is 0 Å². The van der Waals surface area contributed by atoms with Gasteiger partial charge in [0.2, 0.25) is 0 Å². The van der Waals surface area contributed by atoms with Crippen LogP contribution < -0.4 is 0 Å². The summed E-state index contributed by atoms with van der Waals surface area (Å²) in [4.78, 5) is 4.18. The van der Waals surface area contributed by atoms with E-state index in [0.717, 1.165) is 5.52 Å². The maximum absolute atomic E-state index is 4.18. The number of benzene rings is 1. The molecule has 1 nitrogen and oxygen atoms in total. The molecule has 0 N–H and O–H groups in total. The molecule has 0 amide bonds. The van der Waals surface area contributed by atoms with Crippen molar-refractivity contribution in [1.82, 2.24) is 4.98 Å². The largest absolute Gasteiger partial charge is 0.256 e. The normalized spacial score (nSPS) is 8.00. The minimum atomic E-state index is 1.06. The zero-order valence-electron chi connectivity index (χ0n) is 10.1. The zero-order chi connectivity index (χ0) is 11.5. The van der Waals surface area contributed by atoms with Gasteiger partial charge in [0.25, 0.3) is 0 Å². The first kappa shape index (κ1) is 13.7. The van der Waals surface area contributed by atoms with Gasteiger partial charge in [0.05, 0.1) is 5.52 Å². The molecule has 2 aromatic rings. The second-order valence-corrected chi connectivity index (χ2v) is 2.77. The Kier molecular flexibility index (Phi) is 8.45.